The largest absolute Gasteiger partial charge is 0.475 e. The van der Waals surface area contributed by atoms with Gasteiger partial charge in [0.2, 0.25) is 11.8 Å². The molecule has 2 heterocycles. The summed E-state index contributed by atoms with van der Waals surface area (Å²) in [5.74, 6) is 0.0732. The van der Waals surface area contributed by atoms with Crippen LogP contribution in [0.3, 0.4) is 0 Å². The van der Waals surface area contributed by atoms with Crippen molar-refractivity contribution in [1.82, 2.24) is 9.97 Å². The van der Waals surface area contributed by atoms with Crippen molar-refractivity contribution in [1.29, 1.82) is 0 Å². The van der Waals surface area contributed by atoms with Gasteiger partial charge in [0.25, 0.3) is 5.91 Å². The summed E-state index contributed by atoms with van der Waals surface area (Å²) in [5, 5.41) is 2.39. The molecule has 10 nitrogen and oxygen atoms in total. The van der Waals surface area contributed by atoms with E-state index in [1.165, 1.54) is 37.6 Å². The second kappa shape index (κ2) is 11.0. The molecule has 1 aromatic carbocycles. The third kappa shape index (κ3) is 6.82. The highest BCUT2D eigenvalue weighted by Gasteiger charge is 2.36. The number of nitrogens with one attached hydrogen (secondary N) is 1. The lowest BCUT2D eigenvalue weighted by Crippen LogP contribution is -2.15. The van der Waals surface area contributed by atoms with E-state index in [0.717, 1.165) is 0 Å². The van der Waals surface area contributed by atoms with Gasteiger partial charge in [0, 0.05) is 18.3 Å². The number of amides is 1. The summed E-state index contributed by atoms with van der Waals surface area (Å²) in [6.07, 6.45) is 2.73. The second-order valence-electron chi connectivity index (χ2n) is 8.78. The lowest BCUT2D eigenvalue weighted by atomic mass is 10.2. The Balaban J connectivity index is 1.51. The van der Waals surface area contributed by atoms with Gasteiger partial charge in [-0.2, -0.15) is 4.98 Å². The first-order chi connectivity index (χ1) is 17.6. The molecule has 0 aliphatic heterocycles. The van der Waals surface area contributed by atoms with E-state index in [1.807, 2.05) is 13.8 Å². The standard InChI is InChI=1S/C26H27N3O7S/c1-16(2)35-23-13-18(26(31)28-22-11-4-17(15-27-22)12-25(30)34-3)14-24(29-23)36-19-5-7-20(8-6-19)37(32,33)21-9-10-21/h4-8,11,13-16,21H,9-10,12H2,1-3H3,(H,27,28,31). The molecule has 1 N–H and O–H groups in total. The molecule has 0 spiro atoms. The van der Waals surface area contributed by atoms with Crippen molar-refractivity contribution >= 4 is 27.5 Å². The van der Waals surface area contributed by atoms with Gasteiger partial charge in [-0.25, -0.2) is 13.4 Å². The maximum absolute atomic E-state index is 13.0. The van der Waals surface area contributed by atoms with E-state index in [1.54, 1.807) is 24.3 Å². The summed E-state index contributed by atoms with van der Waals surface area (Å²) in [7, 11) is -2.00. The number of anilines is 1. The maximum Gasteiger partial charge on any atom is 0.310 e. The number of hydrogen-bond donors (Lipinski definition) is 1. The Morgan fingerprint density at radius 1 is 1.05 bits per heavy atom. The van der Waals surface area contributed by atoms with E-state index in [0.29, 0.717) is 24.2 Å². The summed E-state index contributed by atoms with van der Waals surface area (Å²) in [5.41, 5.74) is 0.863. The summed E-state index contributed by atoms with van der Waals surface area (Å²) in [6, 6.07) is 12.3. The van der Waals surface area contributed by atoms with Crippen LogP contribution in [0.15, 0.2) is 59.6 Å². The van der Waals surface area contributed by atoms with Gasteiger partial charge in [-0.05, 0) is 62.6 Å². The van der Waals surface area contributed by atoms with Gasteiger partial charge in [0.15, 0.2) is 9.84 Å². The molecule has 4 rings (SSSR count). The average molecular weight is 526 g/mol. The van der Waals surface area contributed by atoms with Gasteiger partial charge in [-0.15, -0.1) is 0 Å². The number of carbonyl (C=O) groups is 2. The zero-order chi connectivity index (χ0) is 26.6. The Kier molecular flexibility index (Phi) is 7.72. The highest BCUT2D eigenvalue weighted by Crippen LogP contribution is 2.34. The van der Waals surface area contributed by atoms with E-state index in [-0.39, 0.29) is 51.8 Å². The van der Waals surface area contributed by atoms with E-state index in [4.69, 9.17) is 9.47 Å². The van der Waals surface area contributed by atoms with Crippen LogP contribution in [-0.2, 0) is 25.8 Å². The first-order valence-corrected chi connectivity index (χ1v) is 13.2. The van der Waals surface area contributed by atoms with E-state index >= 15 is 0 Å². The molecule has 1 saturated carbocycles. The van der Waals surface area contributed by atoms with E-state index in [2.05, 4.69) is 20.0 Å². The number of methoxy groups -OCH3 is 1. The number of sulfone groups is 1. The molecule has 1 fully saturated rings. The summed E-state index contributed by atoms with van der Waals surface area (Å²) in [6.45, 7) is 3.65. The molecule has 1 aliphatic carbocycles. The van der Waals surface area contributed by atoms with Gasteiger partial charge in [-0.3, -0.25) is 9.59 Å². The van der Waals surface area contributed by atoms with Gasteiger partial charge in [0.05, 0.1) is 35.3 Å². The first kappa shape index (κ1) is 26.1. The fourth-order valence-electron chi connectivity index (χ4n) is 3.39. The molecule has 1 amide bonds. The molecule has 0 radical (unpaired) electrons. The van der Waals surface area contributed by atoms with Crippen molar-refractivity contribution < 1.29 is 32.2 Å². The maximum atomic E-state index is 13.0. The quantitative estimate of drug-likeness (QED) is 0.390. The van der Waals surface area contributed by atoms with Crippen LogP contribution in [0.25, 0.3) is 0 Å². The van der Waals surface area contributed by atoms with Gasteiger partial charge in [-0.1, -0.05) is 6.07 Å². The number of ether oxygens (including phenoxy) is 3. The first-order valence-electron chi connectivity index (χ1n) is 11.7. The molecule has 1 aliphatic rings. The number of esters is 1. The Morgan fingerprint density at radius 3 is 2.35 bits per heavy atom. The number of benzene rings is 1. The monoisotopic (exact) mass is 525 g/mol. The van der Waals surface area contributed by atoms with Crippen LogP contribution in [0.1, 0.15) is 42.6 Å². The van der Waals surface area contributed by atoms with E-state index < -0.39 is 15.7 Å². The molecule has 2 aromatic heterocycles. The lowest BCUT2D eigenvalue weighted by Gasteiger charge is -2.13. The lowest BCUT2D eigenvalue weighted by molar-refractivity contribution is -0.139. The molecule has 3 aromatic rings. The Morgan fingerprint density at radius 2 is 1.76 bits per heavy atom. The predicted octanol–water partition coefficient (Wildman–Crippen LogP) is 3.96. The van der Waals surface area contributed by atoms with Crippen LogP contribution in [0.4, 0.5) is 5.82 Å². The highest BCUT2D eigenvalue weighted by atomic mass is 32.2. The van der Waals surface area contributed by atoms with Crippen LogP contribution < -0.4 is 14.8 Å². The van der Waals surface area contributed by atoms with Crippen molar-refractivity contribution in [3.63, 3.8) is 0 Å². The zero-order valence-corrected chi connectivity index (χ0v) is 21.4. The van der Waals surface area contributed by atoms with Crippen LogP contribution >= 0.6 is 0 Å². The molecule has 11 heteroatoms. The topological polar surface area (TPSA) is 134 Å². The Labute approximate surface area is 214 Å². The van der Waals surface area contributed by atoms with Gasteiger partial charge < -0.3 is 19.5 Å². The Hall–Kier alpha value is -3.99. The number of aromatic nitrogens is 2. The number of hydrogen-bond acceptors (Lipinski definition) is 9. The van der Waals surface area contributed by atoms with Crippen molar-refractivity contribution in [3.8, 4) is 17.5 Å². The Bertz CT molecular complexity index is 1380. The predicted molar refractivity (Wildman–Crippen MR) is 135 cm³/mol. The average Bonchev–Trinajstić information content (AvgIpc) is 3.71. The van der Waals surface area contributed by atoms with Crippen molar-refractivity contribution in [2.24, 2.45) is 0 Å². The van der Waals surface area contributed by atoms with Crippen molar-refractivity contribution in [2.45, 2.75) is 49.4 Å². The minimum atomic E-state index is -3.31. The molecule has 0 unspecified atom stereocenters. The number of pyridine rings is 2. The minimum Gasteiger partial charge on any atom is -0.475 e. The molecule has 0 saturated heterocycles. The van der Waals surface area contributed by atoms with Crippen molar-refractivity contribution in [3.05, 3.63) is 65.9 Å². The molecule has 37 heavy (non-hydrogen) atoms. The smallest absolute Gasteiger partial charge is 0.310 e. The summed E-state index contributed by atoms with van der Waals surface area (Å²) < 4.78 is 41.0. The summed E-state index contributed by atoms with van der Waals surface area (Å²) >= 11 is 0. The van der Waals surface area contributed by atoms with Crippen LogP contribution in [0, 0.1) is 0 Å². The van der Waals surface area contributed by atoms with Gasteiger partial charge in [0.1, 0.15) is 11.6 Å². The van der Waals surface area contributed by atoms with Crippen molar-refractivity contribution in [2.75, 3.05) is 12.4 Å². The zero-order valence-electron chi connectivity index (χ0n) is 20.6. The minimum absolute atomic E-state index is 0.0756. The number of rotatable bonds is 10. The van der Waals surface area contributed by atoms with Crippen LogP contribution in [0.2, 0.25) is 0 Å². The SMILES string of the molecule is COC(=O)Cc1ccc(NC(=O)c2cc(Oc3ccc(S(=O)(=O)C4CC4)cc3)nc(OC(C)C)c2)nc1. The summed E-state index contributed by atoms with van der Waals surface area (Å²) in [4.78, 5) is 33.1. The molecule has 0 atom stereocenters. The fourth-order valence-corrected chi connectivity index (χ4v) is 5.04. The second-order valence-corrected chi connectivity index (χ2v) is 11.0. The fraction of sp³-hybridized carbons (Fsp3) is 0.308. The normalized spacial score (nSPS) is 13.2. The molecular weight excluding hydrogens is 498 g/mol. The molecule has 194 valence electrons. The van der Waals surface area contributed by atoms with Crippen LogP contribution in [-0.4, -0.2) is 48.7 Å². The molecular formula is C26H27N3O7S. The van der Waals surface area contributed by atoms with E-state index in [9.17, 15) is 18.0 Å². The number of nitrogens with zero attached hydrogens (tertiary/aromatic N) is 2. The van der Waals surface area contributed by atoms with Crippen LogP contribution in [0.5, 0.6) is 17.5 Å². The highest BCUT2D eigenvalue weighted by molar-refractivity contribution is 7.92. The molecule has 0 bridgehead atoms. The third-order valence-electron chi connectivity index (χ3n) is 5.38. The van der Waals surface area contributed by atoms with Gasteiger partial charge >= 0.3 is 5.97 Å². The third-order valence-corrected chi connectivity index (χ3v) is 7.66. The number of carbonyl (C=O) groups excluding carboxylic acids is 2.